The van der Waals surface area contributed by atoms with Gasteiger partial charge >= 0.3 is 0 Å². The topological polar surface area (TPSA) is 81.1 Å². The van der Waals surface area contributed by atoms with E-state index in [9.17, 15) is 4.79 Å². The molecule has 1 amide bonds. The average molecular weight is 301 g/mol. The van der Waals surface area contributed by atoms with Crippen molar-refractivity contribution in [1.29, 1.82) is 0 Å². The normalized spacial score (nSPS) is 10.4. The maximum Gasteiger partial charge on any atom is 0.238 e. The summed E-state index contributed by atoms with van der Waals surface area (Å²) in [6, 6.07) is 13.8. The maximum atomic E-state index is 11.4. The number of nitrogens with two attached hydrogens (primary N) is 2. The number of thioether (sulfide) groups is 1. The fourth-order valence-corrected chi connectivity index (χ4v) is 3.13. The lowest BCUT2D eigenvalue weighted by Gasteiger charge is -2.10. The standard InChI is InChI=1S/C16H19N3OS/c1-11-6-7-14(17)9-15(11)21-10-13-5-3-2-4-12(13)8-16(20)19-18/h2-7,9H,8,10,17-18H2,1H3,(H,19,20). The third kappa shape index (κ3) is 4.24. The number of anilines is 1. The third-order valence-electron chi connectivity index (χ3n) is 3.23. The Morgan fingerprint density at radius 2 is 1.90 bits per heavy atom. The first-order valence-electron chi connectivity index (χ1n) is 6.65. The van der Waals surface area contributed by atoms with E-state index in [1.54, 1.807) is 11.8 Å². The van der Waals surface area contributed by atoms with E-state index in [0.717, 1.165) is 27.5 Å². The molecule has 0 spiro atoms. The minimum atomic E-state index is -0.187. The molecule has 0 saturated carbocycles. The van der Waals surface area contributed by atoms with Crippen LogP contribution in [0.5, 0.6) is 0 Å². The Balaban J connectivity index is 2.13. The number of amides is 1. The number of carbonyl (C=O) groups is 1. The number of nitrogens with one attached hydrogen (secondary N) is 1. The molecule has 0 heterocycles. The molecule has 0 radical (unpaired) electrons. The highest BCUT2D eigenvalue weighted by Gasteiger charge is 2.08. The predicted molar refractivity (Wildman–Crippen MR) is 87.6 cm³/mol. The van der Waals surface area contributed by atoms with Gasteiger partial charge in [-0.1, -0.05) is 30.3 Å². The molecule has 0 aliphatic rings. The number of hydrogen-bond donors (Lipinski definition) is 3. The summed E-state index contributed by atoms with van der Waals surface area (Å²) in [5, 5.41) is 0. The minimum Gasteiger partial charge on any atom is -0.399 e. The van der Waals surface area contributed by atoms with Crippen molar-refractivity contribution in [3.8, 4) is 0 Å². The summed E-state index contributed by atoms with van der Waals surface area (Å²) < 4.78 is 0. The molecule has 0 aliphatic carbocycles. The molecule has 0 bridgehead atoms. The first-order chi connectivity index (χ1) is 10.1. The smallest absolute Gasteiger partial charge is 0.238 e. The van der Waals surface area contributed by atoms with E-state index in [2.05, 4.69) is 12.3 Å². The Hall–Kier alpha value is -1.98. The Labute approximate surface area is 128 Å². The number of benzene rings is 2. The van der Waals surface area contributed by atoms with Gasteiger partial charge < -0.3 is 5.73 Å². The lowest BCUT2D eigenvalue weighted by Crippen LogP contribution is -2.31. The molecule has 21 heavy (non-hydrogen) atoms. The lowest BCUT2D eigenvalue weighted by atomic mass is 10.1. The summed E-state index contributed by atoms with van der Waals surface area (Å²) in [4.78, 5) is 12.6. The predicted octanol–water partition coefficient (Wildman–Crippen LogP) is 2.40. The fraction of sp³-hybridized carbons (Fsp3) is 0.188. The molecular weight excluding hydrogens is 282 g/mol. The van der Waals surface area contributed by atoms with Gasteiger partial charge in [-0.3, -0.25) is 10.2 Å². The summed E-state index contributed by atoms with van der Waals surface area (Å²) in [5.74, 6) is 5.76. The summed E-state index contributed by atoms with van der Waals surface area (Å²) >= 11 is 1.72. The fourth-order valence-electron chi connectivity index (χ4n) is 2.02. The summed E-state index contributed by atoms with van der Waals surface area (Å²) in [6.07, 6.45) is 0.295. The third-order valence-corrected chi connectivity index (χ3v) is 4.43. The average Bonchev–Trinajstić information content (AvgIpc) is 2.49. The van der Waals surface area contributed by atoms with Crippen LogP contribution in [-0.4, -0.2) is 5.91 Å². The zero-order chi connectivity index (χ0) is 15.2. The second-order valence-electron chi connectivity index (χ2n) is 4.83. The Kier molecular flexibility index (Phi) is 5.25. The highest BCUT2D eigenvalue weighted by Crippen LogP contribution is 2.28. The van der Waals surface area contributed by atoms with E-state index < -0.39 is 0 Å². The highest BCUT2D eigenvalue weighted by atomic mass is 32.2. The van der Waals surface area contributed by atoms with E-state index in [-0.39, 0.29) is 5.91 Å². The number of nitrogen functional groups attached to an aromatic ring is 1. The van der Waals surface area contributed by atoms with Gasteiger partial charge in [0.15, 0.2) is 0 Å². The van der Waals surface area contributed by atoms with Crippen LogP contribution in [0.3, 0.4) is 0 Å². The minimum absolute atomic E-state index is 0.187. The quantitative estimate of drug-likeness (QED) is 0.260. The first kappa shape index (κ1) is 15.4. The van der Waals surface area contributed by atoms with Crippen LogP contribution in [0, 0.1) is 6.92 Å². The zero-order valence-corrected chi connectivity index (χ0v) is 12.7. The molecule has 5 heteroatoms. The van der Waals surface area contributed by atoms with Crippen LogP contribution in [0.15, 0.2) is 47.4 Å². The summed E-state index contributed by atoms with van der Waals surface area (Å²) in [5.41, 5.74) is 12.1. The first-order valence-corrected chi connectivity index (χ1v) is 7.64. The van der Waals surface area contributed by atoms with Gasteiger partial charge in [0.25, 0.3) is 0 Å². The Bertz CT molecular complexity index is 643. The molecule has 0 fully saturated rings. The van der Waals surface area contributed by atoms with Crippen molar-refractivity contribution in [2.75, 3.05) is 5.73 Å². The van der Waals surface area contributed by atoms with Gasteiger partial charge in [0.05, 0.1) is 6.42 Å². The molecule has 0 unspecified atom stereocenters. The van der Waals surface area contributed by atoms with E-state index in [4.69, 9.17) is 11.6 Å². The van der Waals surface area contributed by atoms with Crippen LogP contribution in [0.2, 0.25) is 0 Å². The molecular formula is C16H19N3OS. The van der Waals surface area contributed by atoms with Gasteiger partial charge in [0, 0.05) is 16.3 Å². The molecule has 0 aromatic heterocycles. The lowest BCUT2D eigenvalue weighted by molar-refractivity contribution is -0.120. The Morgan fingerprint density at radius 3 is 2.62 bits per heavy atom. The van der Waals surface area contributed by atoms with Crippen LogP contribution in [0.25, 0.3) is 0 Å². The number of rotatable bonds is 5. The van der Waals surface area contributed by atoms with Crippen molar-refractivity contribution in [2.45, 2.75) is 24.0 Å². The largest absolute Gasteiger partial charge is 0.399 e. The second kappa shape index (κ2) is 7.15. The van der Waals surface area contributed by atoms with Gasteiger partial charge in [-0.05, 0) is 35.7 Å². The number of carbonyl (C=O) groups excluding carboxylic acids is 1. The second-order valence-corrected chi connectivity index (χ2v) is 5.84. The van der Waals surface area contributed by atoms with Crippen LogP contribution in [-0.2, 0) is 17.0 Å². The van der Waals surface area contributed by atoms with Crippen molar-refractivity contribution in [1.82, 2.24) is 5.43 Å². The van der Waals surface area contributed by atoms with Crippen molar-refractivity contribution in [3.05, 3.63) is 59.2 Å². The highest BCUT2D eigenvalue weighted by molar-refractivity contribution is 7.98. The van der Waals surface area contributed by atoms with Crippen molar-refractivity contribution in [3.63, 3.8) is 0 Å². The van der Waals surface area contributed by atoms with Gasteiger partial charge in [-0.25, -0.2) is 5.84 Å². The summed E-state index contributed by atoms with van der Waals surface area (Å²) in [7, 11) is 0. The van der Waals surface area contributed by atoms with Crippen LogP contribution in [0.1, 0.15) is 16.7 Å². The molecule has 0 saturated heterocycles. The van der Waals surface area contributed by atoms with Crippen molar-refractivity contribution >= 4 is 23.4 Å². The SMILES string of the molecule is Cc1ccc(N)cc1SCc1ccccc1CC(=O)NN. The van der Waals surface area contributed by atoms with Gasteiger partial charge in [0.1, 0.15) is 0 Å². The van der Waals surface area contributed by atoms with Crippen molar-refractivity contribution in [2.24, 2.45) is 5.84 Å². The molecule has 2 aromatic rings. The van der Waals surface area contributed by atoms with Gasteiger partial charge in [0.2, 0.25) is 5.91 Å². The van der Waals surface area contributed by atoms with Crippen LogP contribution < -0.4 is 17.0 Å². The number of hydrazine groups is 1. The van der Waals surface area contributed by atoms with Gasteiger partial charge in [-0.2, -0.15) is 0 Å². The molecule has 5 N–H and O–H groups in total. The monoisotopic (exact) mass is 301 g/mol. The molecule has 2 rings (SSSR count). The number of hydrogen-bond acceptors (Lipinski definition) is 4. The van der Waals surface area contributed by atoms with E-state index in [0.29, 0.717) is 6.42 Å². The molecule has 0 atom stereocenters. The van der Waals surface area contributed by atoms with Crippen LogP contribution in [0.4, 0.5) is 5.69 Å². The van der Waals surface area contributed by atoms with Gasteiger partial charge in [-0.15, -0.1) is 11.8 Å². The number of aryl methyl sites for hydroxylation is 1. The zero-order valence-electron chi connectivity index (χ0n) is 11.9. The molecule has 2 aromatic carbocycles. The van der Waals surface area contributed by atoms with E-state index >= 15 is 0 Å². The molecule has 0 aliphatic heterocycles. The molecule has 110 valence electrons. The maximum absolute atomic E-state index is 11.4. The Morgan fingerprint density at radius 1 is 1.19 bits per heavy atom. The van der Waals surface area contributed by atoms with Crippen molar-refractivity contribution < 1.29 is 4.79 Å². The van der Waals surface area contributed by atoms with Crippen LogP contribution >= 0.6 is 11.8 Å². The molecule has 4 nitrogen and oxygen atoms in total. The summed E-state index contributed by atoms with van der Waals surface area (Å²) in [6.45, 7) is 2.07. The van der Waals surface area contributed by atoms with E-state index in [1.807, 2.05) is 42.5 Å². The van der Waals surface area contributed by atoms with E-state index in [1.165, 1.54) is 5.56 Å².